The molecule has 0 aliphatic rings. The van der Waals surface area contributed by atoms with Gasteiger partial charge in [-0.1, -0.05) is 52.8 Å². The van der Waals surface area contributed by atoms with Crippen LogP contribution < -0.4 is 0 Å². The van der Waals surface area contributed by atoms with Gasteiger partial charge in [-0.05, 0) is 25.3 Å². The summed E-state index contributed by atoms with van der Waals surface area (Å²) in [4.78, 5) is 9.68. The largest absolute Gasteiger partial charge is 0.216 e. The molecule has 0 amide bonds. The summed E-state index contributed by atoms with van der Waals surface area (Å²) >= 11 is 9.04. The first-order chi connectivity index (χ1) is 8.17. The molecule has 5 heteroatoms. The van der Waals surface area contributed by atoms with E-state index in [1.165, 1.54) is 17.3 Å². The second kappa shape index (κ2) is 5.76. The van der Waals surface area contributed by atoms with Crippen molar-refractivity contribution in [2.75, 3.05) is 6.26 Å². The highest BCUT2D eigenvalue weighted by Crippen LogP contribution is 2.29. The van der Waals surface area contributed by atoms with Gasteiger partial charge < -0.3 is 0 Å². The lowest BCUT2D eigenvalue weighted by Gasteiger charge is -2.04. The summed E-state index contributed by atoms with van der Waals surface area (Å²) in [5.74, 6) is 0. The molecule has 88 valence electrons. The van der Waals surface area contributed by atoms with E-state index in [2.05, 4.69) is 35.1 Å². The van der Waals surface area contributed by atoms with Crippen LogP contribution in [0.1, 0.15) is 5.56 Å². The van der Waals surface area contributed by atoms with Gasteiger partial charge in [0, 0.05) is 11.0 Å². The summed E-state index contributed by atoms with van der Waals surface area (Å²) in [6, 6.07) is 10.1. The summed E-state index contributed by atoms with van der Waals surface area (Å²) in [7, 11) is 0. The fraction of sp³-hybridized carbons (Fsp3) is 0.167. The third-order valence-electron chi connectivity index (χ3n) is 2.05. The molecule has 0 N–H and O–H groups in total. The molecule has 0 spiro atoms. The van der Waals surface area contributed by atoms with Gasteiger partial charge in [0.05, 0.1) is 0 Å². The maximum absolute atomic E-state index is 5.95. The number of halogens is 1. The lowest BCUT2D eigenvalue weighted by atomic mass is 10.2. The van der Waals surface area contributed by atoms with Crippen molar-refractivity contribution in [3.63, 3.8) is 0 Å². The molecular formula is C12H11ClN2S2. The van der Waals surface area contributed by atoms with Gasteiger partial charge in [0.15, 0.2) is 5.16 Å². The highest BCUT2D eigenvalue weighted by atomic mass is 35.5. The van der Waals surface area contributed by atoms with Crippen molar-refractivity contribution < 1.29 is 0 Å². The SMILES string of the molecule is CSc1nc(Cl)cc(Sc2cccc(C)c2)n1. The lowest BCUT2D eigenvalue weighted by molar-refractivity contribution is 0.894. The molecule has 0 radical (unpaired) electrons. The lowest BCUT2D eigenvalue weighted by Crippen LogP contribution is -1.89. The number of aryl methyl sites for hydroxylation is 1. The Balaban J connectivity index is 2.26. The minimum absolute atomic E-state index is 0.486. The zero-order valence-corrected chi connectivity index (χ0v) is 11.9. The average molecular weight is 283 g/mol. The first kappa shape index (κ1) is 12.7. The molecule has 0 bridgehead atoms. The molecule has 0 fully saturated rings. The molecule has 0 atom stereocenters. The van der Waals surface area contributed by atoms with E-state index in [0.717, 1.165) is 9.92 Å². The van der Waals surface area contributed by atoms with Crippen molar-refractivity contribution in [2.45, 2.75) is 22.0 Å². The molecular weight excluding hydrogens is 272 g/mol. The zero-order chi connectivity index (χ0) is 12.3. The van der Waals surface area contributed by atoms with Crippen molar-refractivity contribution in [2.24, 2.45) is 0 Å². The zero-order valence-electron chi connectivity index (χ0n) is 9.48. The quantitative estimate of drug-likeness (QED) is 0.476. The molecule has 2 rings (SSSR count). The number of hydrogen-bond acceptors (Lipinski definition) is 4. The van der Waals surface area contributed by atoms with Gasteiger partial charge in [-0.3, -0.25) is 0 Å². The highest BCUT2D eigenvalue weighted by molar-refractivity contribution is 7.99. The topological polar surface area (TPSA) is 25.8 Å². The Bertz CT molecular complexity index is 532. The van der Waals surface area contributed by atoms with Crippen molar-refractivity contribution in [1.82, 2.24) is 9.97 Å². The normalized spacial score (nSPS) is 10.5. The fourth-order valence-electron chi connectivity index (χ4n) is 1.32. The van der Waals surface area contributed by atoms with Crippen LogP contribution in [0.5, 0.6) is 0 Å². The molecule has 0 aliphatic carbocycles. The Morgan fingerprint density at radius 3 is 2.71 bits per heavy atom. The number of benzene rings is 1. The predicted molar refractivity (Wildman–Crippen MR) is 74.1 cm³/mol. The second-order valence-electron chi connectivity index (χ2n) is 3.43. The Hall–Kier alpha value is -0.710. The van der Waals surface area contributed by atoms with E-state index in [0.29, 0.717) is 10.3 Å². The van der Waals surface area contributed by atoms with Crippen LogP contribution in [-0.2, 0) is 0 Å². The first-order valence-electron chi connectivity index (χ1n) is 5.00. The van der Waals surface area contributed by atoms with Gasteiger partial charge in [0.2, 0.25) is 0 Å². The fourth-order valence-corrected chi connectivity index (χ4v) is 2.99. The van der Waals surface area contributed by atoms with Crippen LogP contribution in [0.4, 0.5) is 0 Å². The number of nitrogens with zero attached hydrogens (tertiary/aromatic N) is 2. The van der Waals surface area contributed by atoms with Crippen LogP contribution >= 0.6 is 35.1 Å². The molecule has 0 saturated carbocycles. The number of hydrogen-bond donors (Lipinski definition) is 0. The van der Waals surface area contributed by atoms with Crippen LogP contribution in [0.15, 0.2) is 45.4 Å². The molecule has 0 unspecified atom stereocenters. The summed E-state index contributed by atoms with van der Waals surface area (Å²) in [5, 5.41) is 2.06. The molecule has 1 aromatic heterocycles. The van der Waals surface area contributed by atoms with Gasteiger partial charge in [-0.15, -0.1) is 0 Å². The molecule has 0 saturated heterocycles. The van der Waals surface area contributed by atoms with E-state index in [-0.39, 0.29) is 0 Å². The van der Waals surface area contributed by atoms with E-state index in [1.54, 1.807) is 17.8 Å². The molecule has 1 aromatic carbocycles. The molecule has 0 aliphatic heterocycles. The van der Waals surface area contributed by atoms with Gasteiger partial charge in [-0.2, -0.15) is 0 Å². The highest BCUT2D eigenvalue weighted by Gasteiger charge is 2.04. The second-order valence-corrected chi connectivity index (χ2v) is 5.69. The Morgan fingerprint density at radius 2 is 2.00 bits per heavy atom. The van der Waals surface area contributed by atoms with E-state index >= 15 is 0 Å². The van der Waals surface area contributed by atoms with Gasteiger partial charge in [0.25, 0.3) is 0 Å². The minimum Gasteiger partial charge on any atom is -0.216 e. The number of rotatable bonds is 3. The molecule has 1 heterocycles. The molecule has 2 nitrogen and oxygen atoms in total. The van der Waals surface area contributed by atoms with E-state index < -0.39 is 0 Å². The van der Waals surface area contributed by atoms with Crippen LogP contribution in [0.25, 0.3) is 0 Å². The van der Waals surface area contributed by atoms with E-state index in [1.807, 2.05) is 12.3 Å². The molecule has 2 aromatic rings. The van der Waals surface area contributed by atoms with Crippen molar-refractivity contribution in [3.8, 4) is 0 Å². The van der Waals surface area contributed by atoms with Gasteiger partial charge in [-0.25, -0.2) is 9.97 Å². The smallest absolute Gasteiger partial charge is 0.189 e. The summed E-state index contributed by atoms with van der Waals surface area (Å²) < 4.78 is 0. The third kappa shape index (κ3) is 3.63. The first-order valence-corrected chi connectivity index (χ1v) is 7.42. The summed E-state index contributed by atoms with van der Waals surface area (Å²) in [5.41, 5.74) is 1.24. The average Bonchev–Trinajstić information content (AvgIpc) is 2.28. The van der Waals surface area contributed by atoms with Gasteiger partial charge in [0.1, 0.15) is 10.2 Å². The number of aromatic nitrogens is 2. The summed E-state index contributed by atoms with van der Waals surface area (Å²) in [6.07, 6.45) is 1.94. The van der Waals surface area contributed by atoms with Crippen molar-refractivity contribution in [3.05, 3.63) is 41.0 Å². The van der Waals surface area contributed by atoms with Crippen molar-refractivity contribution >= 4 is 35.1 Å². The third-order valence-corrected chi connectivity index (χ3v) is 3.69. The maximum atomic E-state index is 5.95. The standard InChI is InChI=1S/C12H11ClN2S2/c1-8-4-3-5-9(6-8)17-11-7-10(13)14-12(15-11)16-2/h3-7H,1-2H3. The van der Waals surface area contributed by atoms with E-state index in [4.69, 9.17) is 11.6 Å². The molecule has 17 heavy (non-hydrogen) atoms. The van der Waals surface area contributed by atoms with Crippen molar-refractivity contribution in [1.29, 1.82) is 0 Å². The van der Waals surface area contributed by atoms with Crippen LogP contribution in [0, 0.1) is 6.92 Å². The van der Waals surface area contributed by atoms with E-state index in [9.17, 15) is 0 Å². The van der Waals surface area contributed by atoms with Crippen LogP contribution in [0.3, 0.4) is 0 Å². The van der Waals surface area contributed by atoms with Gasteiger partial charge >= 0.3 is 0 Å². The summed E-state index contributed by atoms with van der Waals surface area (Å²) in [6.45, 7) is 2.07. The maximum Gasteiger partial charge on any atom is 0.189 e. The van der Waals surface area contributed by atoms with Crippen LogP contribution in [-0.4, -0.2) is 16.2 Å². The minimum atomic E-state index is 0.486. The predicted octanol–water partition coefficient (Wildman–Crippen LogP) is 4.31. The Morgan fingerprint density at radius 1 is 1.18 bits per heavy atom. The number of thioether (sulfide) groups is 1. The Kier molecular flexibility index (Phi) is 4.31. The Labute approximate surface area is 114 Å². The monoisotopic (exact) mass is 282 g/mol. The van der Waals surface area contributed by atoms with Crippen LogP contribution in [0.2, 0.25) is 5.15 Å².